The average molecular weight is 315 g/mol. The van der Waals surface area contributed by atoms with Crippen LogP contribution in [0.1, 0.15) is 12.8 Å². The molecule has 0 saturated carbocycles. The second kappa shape index (κ2) is 4.97. The number of rotatable bonds is 3. The van der Waals surface area contributed by atoms with Crippen LogP contribution in [0.5, 0.6) is 0 Å². The van der Waals surface area contributed by atoms with Crippen molar-refractivity contribution in [2.24, 2.45) is 4.99 Å². The Kier molecular flexibility index (Phi) is 3.38. The highest BCUT2D eigenvalue weighted by atomic mass is 32.2. The molecule has 3 aliphatic heterocycles. The number of carbonyl (C=O) groups is 1. The van der Waals surface area contributed by atoms with Crippen LogP contribution in [-0.2, 0) is 10.0 Å². The molecule has 116 valence electrons. The van der Waals surface area contributed by atoms with Gasteiger partial charge >= 0.3 is 11.2 Å². The van der Waals surface area contributed by atoms with E-state index in [0.29, 0.717) is 31.9 Å². The Morgan fingerprint density at radius 1 is 1.38 bits per heavy atom. The molecule has 21 heavy (non-hydrogen) atoms. The molecule has 10 heteroatoms. The monoisotopic (exact) mass is 315 g/mol. The summed E-state index contributed by atoms with van der Waals surface area (Å²) in [6.45, 7) is 1.80. The minimum absolute atomic E-state index is 0.382. The zero-order chi connectivity index (χ0) is 15.1. The van der Waals surface area contributed by atoms with Gasteiger partial charge in [-0.1, -0.05) is 0 Å². The first-order valence-corrected chi connectivity index (χ1v) is 8.15. The number of aliphatic imine (C=N–C) groups is 1. The SMILES string of the molecule is O=C(O)NC1(S(=O)(=O)N2CCCC2)N=CC2=C(CNC2)N1. The number of sulfonamides is 1. The van der Waals surface area contributed by atoms with E-state index in [1.54, 1.807) is 0 Å². The highest BCUT2D eigenvalue weighted by Crippen LogP contribution is 2.27. The van der Waals surface area contributed by atoms with E-state index in [1.807, 2.05) is 5.32 Å². The number of nitrogens with one attached hydrogen (secondary N) is 3. The van der Waals surface area contributed by atoms with Crippen molar-refractivity contribution in [3.63, 3.8) is 0 Å². The summed E-state index contributed by atoms with van der Waals surface area (Å²) in [4.78, 5) is 15.1. The highest BCUT2D eigenvalue weighted by Gasteiger charge is 2.51. The molecule has 0 aromatic rings. The van der Waals surface area contributed by atoms with E-state index in [0.717, 1.165) is 18.4 Å². The Morgan fingerprint density at radius 2 is 2.10 bits per heavy atom. The molecule has 9 nitrogen and oxygen atoms in total. The molecule has 3 heterocycles. The van der Waals surface area contributed by atoms with Gasteiger partial charge in [-0.2, -0.15) is 4.31 Å². The molecule has 1 fully saturated rings. The quantitative estimate of drug-likeness (QED) is 0.520. The van der Waals surface area contributed by atoms with Crippen molar-refractivity contribution in [1.29, 1.82) is 0 Å². The van der Waals surface area contributed by atoms with E-state index in [1.165, 1.54) is 10.5 Å². The molecule has 1 atom stereocenters. The summed E-state index contributed by atoms with van der Waals surface area (Å²) in [5, 5.41) is 14.8. The molecule has 3 aliphatic rings. The van der Waals surface area contributed by atoms with Gasteiger partial charge in [-0.05, 0) is 12.8 Å². The smallest absolute Gasteiger partial charge is 0.408 e. The highest BCUT2D eigenvalue weighted by molar-refractivity contribution is 7.90. The second-order valence-electron chi connectivity index (χ2n) is 5.18. The van der Waals surface area contributed by atoms with Crippen LogP contribution in [-0.4, -0.2) is 61.4 Å². The summed E-state index contributed by atoms with van der Waals surface area (Å²) in [5.41, 5.74) is 1.50. The standard InChI is InChI=1S/C11H17N5O4S/c17-10(18)15-11(21(19,20)16-3-1-2-4-16)13-6-8-5-12-7-9(8)14-11/h6,12,14-15H,1-5,7H2,(H,17,18). The van der Waals surface area contributed by atoms with Crippen LogP contribution in [0.3, 0.4) is 0 Å². The second-order valence-corrected chi connectivity index (χ2v) is 7.23. The lowest BCUT2D eigenvalue weighted by Gasteiger charge is -2.36. The number of nitrogens with zero attached hydrogens (tertiary/aromatic N) is 2. The molecule has 1 saturated heterocycles. The topological polar surface area (TPSA) is 123 Å². The summed E-state index contributed by atoms with van der Waals surface area (Å²) in [5.74, 6) is 0. The third-order valence-electron chi connectivity index (χ3n) is 3.78. The number of carboxylic acid groups (broad SMARTS) is 1. The van der Waals surface area contributed by atoms with Crippen molar-refractivity contribution in [2.75, 3.05) is 26.2 Å². The minimum Gasteiger partial charge on any atom is -0.465 e. The third kappa shape index (κ3) is 2.28. The minimum atomic E-state index is -3.99. The Hall–Kier alpha value is -1.65. The van der Waals surface area contributed by atoms with Crippen LogP contribution >= 0.6 is 0 Å². The fourth-order valence-corrected chi connectivity index (χ4v) is 4.48. The molecule has 0 bridgehead atoms. The van der Waals surface area contributed by atoms with Gasteiger partial charge in [-0.25, -0.2) is 18.2 Å². The summed E-state index contributed by atoms with van der Waals surface area (Å²) in [6, 6.07) is 0. The maximum atomic E-state index is 12.8. The normalized spacial score (nSPS) is 29.3. The van der Waals surface area contributed by atoms with Gasteiger partial charge in [0.15, 0.2) is 0 Å². The van der Waals surface area contributed by atoms with Crippen molar-refractivity contribution >= 4 is 22.3 Å². The van der Waals surface area contributed by atoms with Crippen molar-refractivity contribution in [3.05, 3.63) is 11.3 Å². The lowest BCUT2D eigenvalue weighted by molar-refractivity contribution is 0.183. The van der Waals surface area contributed by atoms with Gasteiger partial charge in [0.25, 0.3) is 10.0 Å². The van der Waals surface area contributed by atoms with Crippen LogP contribution < -0.4 is 16.0 Å². The van der Waals surface area contributed by atoms with Crippen LogP contribution in [0.25, 0.3) is 0 Å². The number of hydrogen-bond acceptors (Lipinski definition) is 6. The molecule has 0 aromatic heterocycles. The van der Waals surface area contributed by atoms with E-state index in [2.05, 4.69) is 15.6 Å². The molecule has 0 aromatic carbocycles. The van der Waals surface area contributed by atoms with Crippen molar-refractivity contribution < 1.29 is 18.3 Å². The van der Waals surface area contributed by atoms with Crippen molar-refractivity contribution in [1.82, 2.24) is 20.3 Å². The molecule has 4 N–H and O–H groups in total. The van der Waals surface area contributed by atoms with Crippen LogP contribution in [0.4, 0.5) is 4.79 Å². The van der Waals surface area contributed by atoms with E-state index in [4.69, 9.17) is 5.11 Å². The Morgan fingerprint density at radius 3 is 2.76 bits per heavy atom. The molecule has 3 rings (SSSR count). The number of amides is 1. The zero-order valence-corrected chi connectivity index (χ0v) is 12.1. The first-order chi connectivity index (χ1) is 9.95. The Bertz CT molecular complexity index is 623. The van der Waals surface area contributed by atoms with Gasteiger partial charge in [0.1, 0.15) is 0 Å². The summed E-state index contributed by atoms with van der Waals surface area (Å²) in [7, 11) is -3.99. The van der Waals surface area contributed by atoms with Gasteiger partial charge in [0.05, 0.1) is 0 Å². The number of hydrogen-bond donors (Lipinski definition) is 4. The Balaban J connectivity index is 1.99. The molecule has 1 amide bonds. The van der Waals surface area contributed by atoms with Crippen LogP contribution in [0.2, 0.25) is 0 Å². The van der Waals surface area contributed by atoms with Crippen LogP contribution in [0.15, 0.2) is 16.3 Å². The van der Waals surface area contributed by atoms with Crippen LogP contribution in [0, 0.1) is 0 Å². The maximum Gasteiger partial charge on any atom is 0.408 e. The maximum absolute atomic E-state index is 12.8. The van der Waals surface area contributed by atoms with E-state index in [-0.39, 0.29) is 0 Å². The van der Waals surface area contributed by atoms with Gasteiger partial charge in [0.2, 0.25) is 0 Å². The fraction of sp³-hybridized carbons (Fsp3) is 0.636. The molecule has 0 radical (unpaired) electrons. The summed E-state index contributed by atoms with van der Waals surface area (Å²) >= 11 is 0. The lowest BCUT2D eigenvalue weighted by atomic mass is 10.2. The third-order valence-corrected chi connectivity index (χ3v) is 5.88. The summed E-state index contributed by atoms with van der Waals surface area (Å²) < 4.78 is 26.9. The van der Waals surface area contributed by atoms with Gasteiger partial charge in [-0.3, -0.25) is 5.32 Å². The first kappa shape index (κ1) is 14.3. The molecule has 1 unspecified atom stereocenters. The molecule has 0 spiro atoms. The van der Waals surface area contributed by atoms with Gasteiger partial charge in [0, 0.05) is 43.7 Å². The molecular formula is C11H17N5O4S. The van der Waals surface area contributed by atoms with Gasteiger partial charge < -0.3 is 15.7 Å². The van der Waals surface area contributed by atoms with E-state index in [9.17, 15) is 13.2 Å². The molecular weight excluding hydrogens is 298 g/mol. The van der Waals surface area contributed by atoms with Crippen molar-refractivity contribution in [3.8, 4) is 0 Å². The van der Waals surface area contributed by atoms with E-state index < -0.39 is 21.2 Å². The Labute approximate surface area is 122 Å². The summed E-state index contributed by atoms with van der Waals surface area (Å²) in [6.07, 6.45) is 1.51. The lowest BCUT2D eigenvalue weighted by Crippen LogP contribution is -2.66. The largest absolute Gasteiger partial charge is 0.465 e. The molecule has 0 aliphatic carbocycles. The zero-order valence-electron chi connectivity index (χ0n) is 11.3. The first-order valence-electron chi connectivity index (χ1n) is 6.71. The predicted molar refractivity (Wildman–Crippen MR) is 75.1 cm³/mol. The average Bonchev–Trinajstić information content (AvgIpc) is 3.08. The van der Waals surface area contributed by atoms with E-state index >= 15 is 0 Å². The fourth-order valence-electron chi connectivity index (χ4n) is 2.72. The van der Waals surface area contributed by atoms with Gasteiger partial charge in [-0.15, -0.1) is 0 Å². The predicted octanol–water partition coefficient (Wildman–Crippen LogP) is -1.18. The van der Waals surface area contributed by atoms with Crippen molar-refractivity contribution in [2.45, 2.75) is 18.0 Å².